The lowest BCUT2D eigenvalue weighted by molar-refractivity contribution is 0.0680. The number of likely N-dealkylation sites (tertiary alicyclic amines) is 1. The highest BCUT2D eigenvalue weighted by molar-refractivity contribution is 6.78. The van der Waals surface area contributed by atoms with Crippen molar-refractivity contribution in [3.63, 3.8) is 0 Å². The summed E-state index contributed by atoms with van der Waals surface area (Å²) < 4.78 is 12.4. The largest absolute Gasteiger partial charge is 0.540 e. The van der Waals surface area contributed by atoms with Crippen molar-refractivity contribution in [1.82, 2.24) is 4.90 Å². The second-order valence-electron chi connectivity index (χ2n) is 9.62. The van der Waals surface area contributed by atoms with Gasteiger partial charge >= 0.3 is 6.09 Å². The van der Waals surface area contributed by atoms with Crippen molar-refractivity contribution in [2.24, 2.45) is 0 Å². The third-order valence-electron chi connectivity index (χ3n) is 6.60. The van der Waals surface area contributed by atoms with Crippen LogP contribution in [0.5, 0.6) is 11.5 Å². The number of carbonyl (C=O) groups is 2. The molecule has 1 atom stereocenters. The molecule has 1 aliphatic heterocycles. The van der Waals surface area contributed by atoms with E-state index >= 15 is 0 Å². The zero-order valence-electron chi connectivity index (χ0n) is 20.8. The molecule has 33 heavy (non-hydrogen) atoms. The van der Waals surface area contributed by atoms with Crippen LogP contribution in [0.15, 0.2) is 24.3 Å². The third-order valence-corrected chi connectivity index (χ3v) is 12.6. The fraction of sp³-hybridized carbons (Fsp3) is 0.583. The highest BCUT2D eigenvalue weighted by Gasteiger charge is 2.47. The van der Waals surface area contributed by atoms with Crippen molar-refractivity contribution in [3.8, 4) is 11.5 Å². The van der Waals surface area contributed by atoms with Gasteiger partial charge < -0.3 is 24.3 Å². The molecule has 0 unspecified atom stereocenters. The minimum atomic E-state index is -2.37. The van der Waals surface area contributed by atoms with Crippen LogP contribution in [0.25, 0.3) is 0 Å². The number of rotatable bonds is 9. The van der Waals surface area contributed by atoms with E-state index in [4.69, 9.17) is 9.16 Å². The smallest absolute Gasteiger partial charge is 0.409 e. The molecule has 184 valence electrons. The number of hydrogen-bond donors (Lipinski definition) is 3. The van der Waals surface area contributed by atoms with Crippen LogP contribution in [0, 0.1) is 0 Å². The van der Waals surface area contributed by atoms with E-state index in [2.05, 4.69) is 53.4 Å². The van der Waals surface area contributed by atoms with Gasteiger partial charge in [-0.1, -0.05) is 53.7 Å². The first kappa shape index (κ1) is 26.7. The van der Waals surface area contributed by atoms with E-state index in [-0.39, 0.29) is 17.9 Å². The summed E-state index contributed by atoms with van der Waals surface area (Å²) in [5.74, 6) is 0.387. The SMILES string of the molecule is C=C1C[C@@H](CO)N(C(=O)c2cc(OC)c(O[Si](C(C)C)(C(C)C)C(C)C)cc2NC(=O)O)C1. The van der Waals surface area contributed by atoms with E-state index in [1.807, 2.05) is 0 Å². The lowest BCUT2D eigenvalue weighted by Crippen LogP contribution is -2.50. The van der Waals surface area contributed by atoms with E-state index in [0.717, 1.165) is 5.57 Å². The Morgan fingerprint density at radius 2 is 1.73 bits per heavy atom. The Labute approximate surface area is 197 Å². The second kappa shape index (κ2) is 10.6. The van der Waals surface area contributed by atoms with Crippen molar-refractivity contribution in [1.29, 1.82) is 0 Å². The van der Waals surface area contributed by atoms with Gasteiger partial charge in [-0.2, -0.15) is 0 Å². The van der Waals surface area contributed by atoms with E-state index in [1.165, 1.54) is 18.1 Å². The first-order valence-corrected chi connectivity index (χ1v) is 13.5. The molecule has 2 rings (SSSR count). The van der Waals surface area contributed by atoms with Crippen molar-refractivity contribution < 1.29 is 29.0 Å². The summed E-state index contributed by atoms with van der Waals surface area (Å²) in [7, 11) is -0.872. The number of carboxylic acid groups (broad SMARTS) is 1. The Morgan fingerprint density at radius 3 is 2.18 bits per heavy atom. The van der Waals surface area contributed by atoms with Crippen LogP contribution in [0.1, 0.15) is 58.3 Å². The molecule has 1 aromatic rings. The Kier molecular flexibility index (Phi) is 8.59. The first-order valence-electron chi connectivity index (χ1n) is 11.4. The number of ether oxygens (including phenoxy) is 1. The van der Waals surface area contributed by atoms with E-state index in [0.29, 0.717) is 41.1 Å². The summed E-state index contributed by atoms with van der Waals surface area (Å²) in [5.41, 5.74) is 1.97. The molecule has 0 aromatic heterocycles. The zero-order chi connectivity index (χ0) is 25.1. The maximum atomic E-state index is 13.4. The topological polar surface area (TPSA) is 108 Å². The van der Waals surface area contributed by atoms with Crippen LogP contribution in [-0.4, -0.2) is 61.7 Å². The molecule has 8 nitrogen and oxygen atoms in total. The van der Waals surface area contributed by atoms with Gasteiger partial charge in [0, 0.05) is 12.6 Å². The maximum Gasteiger partial charge on any atom is 0.409 e. The highest BCUT2D eigenvalue weighted by atomic mass is 28.4. The average molecular weight is 479 g/mol. The number of benzene rings is 1. The first-order chi connectivity index (χ1) is 15.4. The summed E-state index contributed by atoms with van der Waals surface area (Å²) in [6.45, 7) is 17.0. The minimum Gasteiger partial charge on any atom is -0.540 e. The predicted molar refractivity (Wildman–Crippen MR) is 132 cm³/mol. The summed E-state index contributed by atoms with van der Waals surface area (Å²) in [5, 5.41) is 21.5. The molecule has 1 fully saturated rings. The van der Waals surface area contributed by atoms with E-state index in [1.54, 1.807) is 6.07 Å². The van der Waals surface area contributed by atoms with Crippen molar-refractivity contribution >= 4 is 26.0 Å². The van der Waals surface area contributed by atoms with Crippen LogP contribution >= 0.6 is 0 Å². The Morgan fingerprint density at radius 1 is 1.15 bits per heavy atom. The number of amides is 2. The average Bonchev–Trinajstić information content (AvgIpc) is 3.11. The Bertz CT molecular complexity index is 877. The molecule has 1 saturated heterocycles. The summed E-state index contributed by atoms with van der Waals surface area (Å²) in [6.07, 6.45) is -0.780. The monoisotopic (exact) mass is 478 g/mol. The number of anilines is 1. The van der Waals surface area contributed by atoms with Crippen LogP contribution < -0.4 is 14.5 Å². The van der Waals surface area contributed by atoms with Crippen molar-refractivity contribution in [2.75, 3.05) is 25.6 Å². The molecular weight excluding hydrogens is 440 g/mol. The second-order valence-corrected chi connectivity index (χ2v) is 15.0. The fourth-order valence-corrected chi connectivity index (χ4v) is 10.4. The van der Waals surface area contributed by atoms with Gasteiger partial charge in [0.2, 0.25) is 0 Å². The van der Waals surface area contributed by atoms with Crippen LogP contribution in [0.4, 0.5) is 10.5 Å². The molecule has 3 N–H and O–H groups in total. The summed E-state index contributed by atoms with van der Waals surface area (Å²) in [4.78, 5) is 26.5. The highest BCUT2D eigenvalue weighted by Crippen LogP contribution is 2.46. The summed E-state index contributed by atoms with van der Waals surface area (Å²) in [6, 6.07) is 2.68. The number of methoxy groups -OCH3 is 1. The molecule has 0 spiro atoms. The van der Waals surface area contributed by atoms with Gasteiger partial charge in [-0.3, -0.25) is 10.1 Å². The van der Waals surface area contributed by atoms with Gasteiger partial charge in [-0.15, -0.1) is 0 Å². The maximum absolute atomic E-state index is 13.4. The third kappa shape index (κ3) is 5.35. The number of aliphatic hydroxyl groups excluding tert-OH is 1. The Balaban J connectivity index is 2.63. The Hall–Kier alpha value is -2.52. The van der Waals surface area contributed by atoms with Gasteiger partial charge in [-0.05, 0) is 29.1 Å². The number of nitrogens with one attached hydrogen (secondary N) is 1. The quantitative estimate of drug-likeness (QED) is 0.336. The van der Waals surface area contributed by atoms with Crippen LogP contribution in [0.3, 0.4) is 0 Å². The van der Waals surface area contributed by atoms with Crippen LogP contribution in [-0.2, 0) is 0 Å². The van der Waals surface area contributed by atoms with Gasteiger partial charge in [0.15, 0.2) is 5.75 Å². The molecule has 0 aliphatic carbocycles. The summed E-state index contributed by atoms with van der Waals surface area (Å²) >= 11 is 0. The predicted octanol–water partition coefficient (Wildman–Crippen LogP) is 5.10. The molecule has 1 heterocycles. The molecule has 2 amide bonds. The zero-order valence-corrected chi connectivity index (χ0v) is 21.8. The van der Waals surface area contributed by atoms with Gasteiger partial charge in [0.1, 0.15) is 5.75 Å². The molecule has 0 radical (unpaired) electrons. The van der Waals surface area contributed by atoms with Gasteiger partial charge in [0.05, 0.1) is 31.0 Å². The van der Waals surface area contributed by atoms with Gasteiger partial charge in [-0.25, -0.2) is 4.79 Å². The molecule has 1 aliphatic rings. The lowest BCUT2D eigenvalue weighted by Gasteiger charge is -2.42. The van der Waals surface area contributed by atoms with Crippen molar-refractivity contribution in [3.05, 3.63) is 29.8 Å². The molecule has 9 heteroatoms. The number of aliphatic hydroxyl groups is 1. The van der Waals surface area contributed by atoms with E-state index in [9.17, 15) is 19.8 Å². The number of nitrogens with zero attached hydrogens (tertiary/aromatic N) is 1. The fourth-order valence-electron chi connectivity index (χ4n) is 5.17. The minimum absolute atomic E-state index is 0.122. The molecule has 0 saturated carbocycles. The van der Waals surface area contributed by atoms with Crippen LogP contribution in [0.2, 0.25) is 16.6 Å². The lowest BCUT2D eigenvalue weighted by atomic mass is 10.1. The number of carbonyl (C=O) groups excluding carboxylic acids is 1. The van der Waals surface area contributed by atoms with Gasteiger partial charge in [0.25, 0.3) is 14.2 Å². The molecule has 0 bridgehead atoms. The molecule has 1 aromatic carbocycles. The standard InChI is InChI=1S/C24H38N2O6Si/c1-14(2)33(15(3)4,16(5)6)32-22-11-20(25-24(29)30)19(10-21(22)31-8)23(28)26-12-17(7)9-18(26)13-27/h10-11,14-16,18,25,27H,7,9,12-13H2,1-6,8H3,(H,29,30)/t18-/m0/s1. The van der Waals surface area contributed by atoms with Crippen molar-refractivity contribution in [2.45, 2.75) is 70.6 Å². The normalized spacial score (nSPS) is 16.6. The van der Waals surface area contributed by atoms with E-state index < -0.39 is 26.4 Å². The number of hydrogen-bond acceptors (Lipinski definition) is 5. The molecular formula is C24H38N2O6Si.